The average Bonchev–Trinajstić information content (AvgIpc) is 3.30. The molecule has 6 heteroatoms. The molecule has 1 aliphatic rings. The second kappa shape index (κ2) is 11.9. The van der Waals surface area contributed by atoms with Crippen LogP contribution in [-0.4, -0.2) is 36.9 Å². The van der Waals surface area contributed by atoms with Gasteiger partial charge in [0.25, 0.3) is 0 Å². The molecule has 2 aromatic rings. The van der Waals surface area contributed by atoms with Crippen molar-refractivity contribution in [1.29, 1.82) is 0 Å². The van der Waals surface area contributed by atoms with Crippen LogP contribution in [-0.2, 0) is 14.3 Å². The predicted octanol–water partition coefficient (Wildman–Crippen LogP) is 5.22. The molecule has 0 heterocycles. The van der Waals surface area contributed by atoms with E-state index in [1.165, 1.54) is 0 Å². The first-order valence-corrected chi connectivity index (χ1v) is 11.0. The van der Waals surface area contributed by atoms with Gasteiger partial charge in [0, 0.05) is 5.92 Å². The minimum atomic E-state index is -0.971. The highest BCUT2D eigenvalue weighted by Gasteiger charge is 2.23. The van der Waals surface area contributed by atoms with Crippen LogP contribution in [0, 0.1) is 0 Å². The van der Waals surface area contributed by atoms with Crippen molar-refractivity contribution in [3.8, 4) is 11.5 Å². The van der Waals surface area contributed by atoms with Crippen molar-refractivity contribution in [2.75, 3.05) is 13.7 Å². The van der Waals surface area contributed by atoms with Crippen LogP contribution in [0.4, 0.5) is 0 Å². The molecular formula is C26H30O6. The third-order valence-electron chi connectivity index (χ3n) is 5.54. The number of esters is 1. The summed E-state index contributed by atoms with van der Waals surface area (Å²) in [6, 6.07) is 15.1. The van der Waals surface area contributed by atoms with Crippen LogP contribution in [0.5, 0.6) is 11.5 Å². The number of carboxylic acid groups (broad SMARTS) is 1. The molecule has 0 unspecified atom stereocenters. The van der Waals surface area contributed by atoms with Crippen LogP contribution in [0.15, 0.2) is 54.6 Å². The third kappa shape index (κ3) is 7.15. The first-order valence-electron chi connectivity index (χ1n) is 11.0. The zero-order valence-corrected chi connectivity index (χ0v) is 18.4. The molecule has 0 spiro atoms. The maximum Gasteiger partial charge on any atom is 0.306 e. The number of benzene rings is 2. The van der Waals surface area contributed by atoms with Gasteiger partial charge in [-0.2, -0.15) is 0 Å². The van der Waals surface area contributed by atoms with E-state index in [4.69, 9.17) is 14.2 Å². The number of hydrogen-bond donors (Lipinski definition) is 1. The van der Waals surface area contributed by atoms with Gasteiger partial charge in [-0.05, 0) is 55.0 Å². The highest BCUT2D eigenvalue weighted by atomic mass is 16.5. The van der Waals surface area contributed by atoms with E-state index in [1.54, 1.807) is 31.4 Å². The fraction of sp³-hybridized carbons (Fsp3) is 0.385. The second-order valence-corrected chi connectivity index (χ2v) is 7.93. The number of rotatable bonds is 11. The Balaban J connectivity index is 1.65. The lowest BCUT2D eigenvalue weighted by atomic mass is 9.92. The van der Waals surface area contributed by atoms with Gasteiger partial charge >= 0.3 is 11.9 Å². The summed E-state index contributed by atoms with van der Waals surface area (Å²) in [5, 5.41) is 9.38. The molecule has 0 aromatic heterocycles. The van der Waals surface area contributed by atoms with Crippen LogP contribution in [0.25, 0.3) is 6.08 Å². The van der Waals surface area contributed by atoms with Gasteiger partial charge in [0.2, 0.25) is 0 Å². The number of ether oxygens (including phenoxy) is 3. The minimum Gasteiger partial charge on any atom is -0.493 e. The summed E-state index contributed by atoms with van der Waals surface area (Å²) in [6.07, 6.45) is 7.84. The number of aliphatic carboxylic acids is 1. The number of hydrogen-bond acceptors (Lipinski definition) is 5. The van der Waals surface area contributed by atoms with Crippen molar-refractivity contribution >= 4 is 18.0 Å². The van der Waals surface area contributed by atoms with Crippen molar-refractivity contribution in [2.45, 2.75) is 50.5 Å². The SMILES string of the molecule is COc1ccc([C@@H](CC(=O)O)CC(=O)OC/C=C/c2ccccc2)cc1OC1CCCC1. The highest BCUT2D eigenvalue weighted by Crippen LogP contribution is 2.36. The maximum atomic E-state index is 12.4. The monoisotopic (exact) mass is 438 g/mol. The van der Waals surface area contributed by atoms with E-state index in [-0.39, 0.29) is 25.6 Å². The average molecular weight is 439 g/mol. The van der Waals surface area contributed by atoms with Crippen molar-refractivity contribution in [1.82, 2.24) is 0 Å². The maximum absolute atomic E-state index is 12.4. The summed E-state index contributed by atoms with van der Waals surface area (Å²) in [7, 11) is 1.57. The predicted molar refractivity (Wildman–Crippen MR) is 122 cm³/mol. The van der Waals surface area contributed by atoms with Crippen LogP contribution in [0.2, 0.25) is 0 Å². The van der Waals surface area contributed by atoms with Crippen molar-refractivity contribution < 1.29 is 28.9 Å². The Morgan fingerprint density at radius 1 is 1.06 bits per heavy atom. The fourth-order valence-corrected chi connectivity index (χ4v) is 3.89. The summed E-state index contributed by atoms with van der Waals surface area (Å²) in [4.78, 5) is 23.9. The molecule has 0 bridgehead atoms. The summed E-state index contributed by atoms with van der Waals surface area (Å²) >= 11 is 0. The van der Waals surface area contributed by atoms with Gasteiger partial charge in [0.15, 0.2) is 11.5 Å². The molecule has 32 heavy (non-hydrogen) atoms. The topological polar surface area (TPSA) is 82.1 Å². The lowest BCUT2D eigenvalue weighted by molar-refractivity contribution is -0.143. The van der Waals surface area contributed by atoms with Gasteiger partial charge in [-0.1, -0.05) is 42.5 Å². The Hall–Kier alpha value is -3.28. The molecule has 0 aliphatic heterocycles. The minimum absolute atomic E-state index is 0.0271. The molecule has 6 nitrogen and oxygen atoms in total. The van der Waals surface area contributed by atoms with E-state index < -0.39 is 17.9 Å². The molecular weight excluding hydrogens is 408 g/mol. The van der Waals surface area contributed by atoms with Gasteiger partial charge in [-0.25, -0.2) is 0 Å². The molecule has 0 radical (unpaired) electrons. The van der Waals surface area contributed by atoms with Crippen LogP contribution >= 0.6 is 0 Å². The van der Waals surface area contributed by atoms with E-state index in [9.17, 15) is 14.7 Å². The van der Waals surface area contributed by atoms with Gasteiger partial charge in [-0.15, -0.1) is 0 Å². The molecule has 1 fully saturated rings. The number of carboxylic acids is 1. The Morgan fingerprint density at radius 3 is 2.50 bits per heavy atom. The van der Waals surface area contributed by atoms with Crippen LogP contribution in [0.1, 0.15) is 55.6 Å². The molecule has 1 saturated carbocycles. The van der Waals surface area contributed by atoms with Gasteiger partial charge in [-0.3, -0.25) is 9.59 Å². The number of methoxy groups -OCH3 is 1. The van der Waals surface area contributed by atoms with Crippen LogP contribution in [0.3, 0.4) is 0 Å². The fourth-order valence-electron chi connectivity index (χ4n) is 3.89. The molecule has 1 atom stereocenters. The molecule has 0 saturated heterocycles. The van der Waals surface area contributed by atoms with Crippen LogP contribution < -0.4 is 9.47 Å². The smallest absolute Gasteiger partial charge is 0.306 e. The van der Waals surface area contributed by atoms with E-state index >= 15 is 0 Å². The van der Waals surface area contributed by atoms with Crippen molar-refractivity contribution in [2.24, 2.45) is 0 Å². The van der Waals surface area contributed by atoms with E-state index in [0.717, 1.165) is 36.8 Å². The third-order valence-corrected chi connectivity index (χ3v) is 5.54. The first kappa shape index (κ1) is 23.4. The first-order chi connectivity index (χ1) is 15.5. The van der Waals surface area contributed by atoms with E-state index in [0.29, 0.717) is 11.5 Å². The molecule has 1 aliphatic carbocycles. The Morgan fingerprint density at radius 2 is 1.81 bits per heavy atom. The molecule has 1 N–H and O–H groups in total. The summed E-state index contributed by atoms with van der Waals surface area (Å²) in [5.74, 6) is -0.742. The van der Waals surface area contributed by atoms with Crippen molar-refractivity contribution in [3.63, 3.8) is 0 Å². The summed E-state index contributed by atoms with van der Waals surface area (Å²) < 4.78 is 16.8. The lowest BCUT2D eigenvalue weighted by Crippen LogP contribution is -2.15. The van der Waals surface area contributed by atoms with E-state index in [2.05, 4.69) is 0 Å². The Labute approximate surface area is 188 Å². The van der Waals surface area contributed by atoms with Gasteiger partial charge in [0.05, 0.1) is 26.1 Å². The highest BCUT2D eigenvalue weighted by molar-refractivity contribution is 5.74. The standard InChI is InChI=1S/C26H30O6/c1-30-23-14-13-20(16-24(23)32-22-11-5-6-12-22)21(17-25(27)28)18-26(29)31-15-7-10-19-8-3-2-4-9-19/h2-4,7-10,13-14,16,21-22H,5-6,11-12,15,17-18H2,1H3,(H,27,28)/b10-7+/t21-/m0/s1. The Kier molecular flexibility index (Phi) is 8.72. The quantitative estimate of drug-likeness (QED) is 0.484. The largest absolute Gasteiger partial charge is 0.493 e. The lowest BCUT2D eigenvalue weighted by Gasteiger charge is -2.20. The molecule has 0 amide bonds. The number of carbonyl (C=O) groups excluding carboxylic acids is 1. The van der Waals surface area contributed by atoms with E-state index in [1.807, 2.05) is 36.4 Å². The van der Waals surface area contributed by atoms with Gasteiger partial charge in [0.1, 0.15) is 6.61 Å². The van der Waals surface area contributed by atoms with Gasteiger partial charge < -0.3 is 19.3 Å². The Bertz CT molecular complexity index is 915. The number of carbonyl (C=O) groups is 2. The zero-order chi connectivity index (χ0) is 22.8. The summed E-state index contributed by atoms with van der Waals surface area (Å²) in [6.45, 7) is 0.131. The summed E-state index contributed by atoms with van der Waals surface area (Å²) in [5.41, 5.74) is 1.73. The normalized spacial score (nSPS) is 14.9. The second-order valence-electron chi connectivity index (χ2n) is 7.93. The molecule has 2 aromatic carbocycles. The van der Waals surface area contributed by atoms with Crippen molar-refractivity contribution in [3.05, 3.63) is 65.7 Å². The molecule has 3 rings (SSSR count). The zero-order valence-electron chi connectivity index (χ0n) is 18.4. The molecule has 170 valence electrons.